The van der Waals surface area contributed by atoms with E-state index >= 15 is 0 Å². The zero-order valence-electron chi connectivity index (χ0n) is 13.8. The summed E-state index contributed by atoms with van der Waals surface area (Å²) < 4.78 is 5.65. The Bertz CT molecular complexity index is 537. The van der Waals surface area contributed by atoms with E-state index < -0.39 is 0 Å². The van der Waals surface area contributed by atoms with Crippen LogP contribution in [0.2, 0.25) is 0 Å². The molecular formula is C19H26N2O. The number of benzene rings is 2. The van der Waals surface area contributed by atoms with E-state index in [4.69, 9.17) is 4.74 Å². The molecule has 0 aliphatic rings. The Kier molecular flexibility index (Phi) is 6.28. The zero-order chi connectivity index (χ0) is 15.8. The van der Waals surface area contributed by atoms with E-state index in [0.29, 0.717) is 0 Å². The molecule has 2 aromatic rings. The molecule has 0 aliphatic heterocycles. The van der Waals surface area contributed by atoms with Crippen molar-refractivity contribution in [3.05, 3.63) is 60.2 Å². The van der Waals surface area contributed by atoms with Crippen molar-refractivity contribution in [3.8, 4) is 5.75 Å². The molecule has 0 amide bonds. The van der Waals surface area contributed by atoms with Gasteiger partial charge in [-0.1, -0.05) is 30.3 Å². The summed E-state index contributed by atoms with van der Waals surface area (Å²) in [6.45, 7) is 6.90. The Morgan fingerprint density at radius 3 is 2.32 bits per heavy atom. The van der Waals surface area contributed by atoms with Crippen molar-refractivity contribution >= 4 is 5.69 Å². The van der Waals surface area contributed by atoms with Crippen LogP contribution in [0.5, 0.6) is 5.75 Å². The molecule has 1 N–H and O–H groups in total. The van der Waals surface area contributed by atoms with Crippen LogP contribution in [0.4, 0.5) is 5.69 Å². The van der Waals surface area contributed by atoms with Gasteiger partial charge in [0.2, 0.25) is 0 Å². The van der Waals surface area contributed by atoms with Gasteiger partial charge in [0, 0.05) is 32.4 Å². The maximum atomic E-state index is 5.65. The van der Waals surface area contributed by atoms with Crippen molar-refractivity contribution in [3.63, 3.8) is 0 Å². The predicted molar refractivity (Wildman–Crippen MR) is 93.6 cm³/mol. The highest BCUT2D eigenvalue weighted by Gasteiger charge is 2.00. The van der Waals surface area contributed by atoms with Crippen molar-refractivity contribution in [2.24, 2.45) is 0 Å². The first-order valence-electron chi connectivity index (χ1n) is 7.87. The van der Waals surface area contributed by atoms with Crippen LogP contribution in [-0.2, 0) is 6.54 Å². The molecule has 0 radical (unpaired) electrons. The minimum Gasteiger partial charge on any atom is -0.491 e. The minimum absolute atomic E-state index is 0.220. The zero-order valence-corrected chi connectivity index (χ0v) is 13.8. The molecule has 0 aliphatic carbocycles. The third-order valence-electron chi connectivity index (χ3n) is 3.45. The first-order chi connectivity index (χ1) is 10.6. The maximum Gasteiger partial charge on any atom is 0.119 e. The molecule has 0 spiro atoms. The largest absolute Gasteiger partial charge is 0.491 e. The van der Waals surface area contributed by atoms with Crippen LogP contribution in [0.3, 0.4) is 0 Å². The molecule has 0 bridgehead atoms. The molecule has 2 aromatic carbocycles. The lowest BCUT2D eigenvalue weighted by atomic mass is 10.2. The summed E-state index contributed by atoms with van der Waals surface area (Å²) in [6, 6.07) is 18.8. The number of nitrogens with zero attached hydrogens (tertiary/aromatic N) is 1. The summed E-state index contributed by atoms with van der Waals surface area (Å²) in [6.07, 6.45) is 0.220. The molecule has 0 heterocycles. The van der Waals surface area contributed by atoms with Gasteiger partial charge in [-0.05, 0) is 43.7 Å². The van der Waals surface area contributed by atoms with E-state index in [2.05, 4.69) is 53.7 Å². The number of para-hydroxylation sites is 1. The Morgan fingerprint density at radius 2 is 1.68 bits per heavy atom. The maximum absolute atomic E-state index is 5.65. The number of rotatable bonds is 8. The molecule has 0 saturated heterocycles. The topological polar surface area (TPSA) is 24.5 Å². The SMILES string of the molecule is CC(C)Oc1ccc(CNCCN(C)c2ccccc2)cc1. The minimum atomic E-state index is 0.220. The van der Waals surface area contributed by atoms with Gasteiger partial charge >= 0.3 is 0 Å². The summed E-state index contributed by atoms with van der Waals surface area (Å²) in [7, 11) is 2.12. The Hall–Kier alpha value is -2.00. The van der Waals surface area contributed by atoms with Gasteiger partial charge in [-0.3, -0.25) is 0 Å². The summed E-state index contributed by atoms with van der Waals surface area (Å²) >= 11 is 0. The molecule has 118 valence electrons. The lowest BCUT2D eigenvalue weighted by Gasteiger charge is -2.19. The third-order valence-corrected chi connectivity index (χ3v) is 3.45. The van der Waals surface area contributed by atoms with Gasteiger partial charge in [0.25, 0.3) is 0 Å². The number of likely N-dealkylation sites (N-methyl/N-ethyl adjacent to an activating group) is 1. The van der Waals surface area contributed by atoms with Gasteiger partial charge in [-0.2, -0.15) is 0 Å². The lowest BCUT2D eigenvalue weighted by Crippen LogP contribution is -2.28. The van der Waals surface area contributed by atoms with Crippen molar-refractivity contribution in [1.82, 2.24) is 5.32 Å². The molecule has 0 fully saturated rings. The lowest BCUT2D eigenvalue weighted by molar-refractivity contribution is 0.242. The van der Waals surface area contributed by atoms with Crippen LogP contribution >= 0.6 is 0 Å². The van der Waals surface area contributed by atoms with E-state index in [1.807, 2.05) is 32.0 Å². The second kappa shape index (κ2) is 8.44. The highest BCUT2D eigenvalue weighted by atomic mass is 16.5. The van der Waals surface area contributed by atoms with E-state index in [1.54, 1.807) is 0 Å². The van der Waals surface area contributed by atoms with Gasteiger partial charge in [-0.15, -0.1) is 0 Å². The van der Waals surface area contributed by atoms with Crippen molar-refractivity contribution in [2.75, 3.05) is 25.0 Å². The van der Waals surface area contributed by atoms with Crippen molar-refractivity contribution in [2.45, 2.75) is 26.5 Å². The molecule has 0 unspecified atom stereocenters. The van der Waals surface area contributed by atoms with Gasteiger partial charge < -0.3 is 15.0 Å². The smallest absolute Gasteiger partial charge is 0.119 e. The predicted octanol–water partition coefficient (Wildman–Crippen LogP) is 3.70. The molecular weight excluding hydrogens is 272 g/mol. The van der Waals surface area contributed by atoms with Crippen LogP contribution < -0.4 is 15.0 Å². The first-order valence-corrected chi connectivity index (χ1v) is 7.87. The number of hydrogen-bond acceptors (Lipinski definition) is 3. The average molecular weight is 298 g/mol. The molecule has 3 heteroatoms. The molecule has 0 saturated carbocycles. The monoisotopic (exact) mass is 298 g/mol. The van der Waals surface area contributed by atoms with Crippen LogP contribution in [0.1, 0.15) is 19.4 Å². The molecule has 22 heavy (non-hydrogen) atoms. The summed E-state index contributed by atoms with van der Waals surface area (Å²) in [5, 5.41) is 3.48. The average Bonchev–Trinajstić information content (AvgIpc) is 2.53. The Morgan fingerprint density at radius 1 is 1.00 bits per heavy atom. The highest BCUT2D eigenvalue weighted by molar-refractivity contribution is 5.44. The highest BCUT2D eigenvalue weighted by Crippen LogP contribution is 2.14. The van der Waals surface area contributed by atoms with Gasteiger partial charge in [0.15, 0.2) is 0 Å². The van der Waals surface area contributed by atoms with E-state index in [9.17, 15) is 0 Å². The number of anilines is 1. The second-order valence-corrected chi connectivity index (χ2v) is 5.74. The second-order valence-electron chi connectivity index (χ2n) is 5.74. The quantitative estimate of drug-likeness (QED) is 0.752. The van der Waals surface area contributed by atoms with Crippen molar-refractivity contribution < 1.29 is 4.74 Å². The van der Waals surface area contributed by atoms with Gasteiger partial charge in [-0.25, -0.2) is 0 Å². The third kappa shape index (κ3) is 5.41. The number of hydrogen-bond donors (Lipinski definition) is 1. The van der Waals surface area contributed by atoms with Crippen LogP contribution in [0.25, 0.3) is 0 Å². The summed E-state index contributed by atoms with van der Waals surface area (Å²) in [5.74, 6) is 0.933. The van der Waals surface area contributed by atoms with Crippen molar-refractivity contribution in [1.29, 1.82) is 0 Å². The Balaban J connectivity index is 1.70. The normalized spacial score (nSPS) is 10.7. The fourth-order valence-corrected chi connectivity index (χ4v) is 2.25. The van der Waals surface area contributed by atoms with Gasteiger partial charge in [0.05, 0.1) is 6.10 Å². The van der Waals surface area contributed by atoms with Crippen LogP contribution in [0.15, 0.2) is 54.6 Å². The standard InChI is InChI=1S/C19H26N2O/c1-16(2)22-19-11-9-17(10-12-19)15-20-13-14-21(3)18-7-5-4-6-8-18/h4-12,16,20H,13-15H2,1-3H3. The van der Waals surface area contributed by atoms with E-state index in [0.717, 1.165) is 25.4 Å². The first kappa shape index (κ1) is 16.4. The molecule has 0 atom stereocenters. The summed E-state index contributed by atoms with van der Waals surface area (Å²) in [4.78, 5) is 2.26. The van der Waals surface area contributed by atoms with Crippen LogP contribution in [0, 0.1) is 0 Å². The van der Waals surface area contributed by atoms with E-state index in [-0.39, 0.29) is 6.10 Å². The fourth-order valence-electron chi connectivity index (χ4n) is 2.25. The number of ether oxygens (including phenoxy) is 1. The molecule has 3 nitrogen and oxygen atoms in total. The molecule has 0 aromatic heterocycles. The van der Waals surface area contributed by atoms with Gasteiger partial charge in [0.1, 0.15) is 5.75 Å². The number of nitrogens with one attached hydrogen (secondary N) is 1. The fraction of sp³-hybridized carbons (Fsp3) is 0.368. The van der Waals surface area contributed by atoms with E-state index in [1.165, 1.54) is 11.3 Å². The molecule has 2 rings (SSSR count). The van der Waals surface area contributed by atoms with Crippen LogP contribution in [-0.4, -0.2) is 26.2 Å². The Labute approximate surface area is 133 Å². The summed E-state index contributed by atoms with van der Waals surface area (Å²) in [5.41, 5.74) is 2.53.